The predicted octanol–water partition coefficient (Wildman–Crippen LogP) is 5.44. The van der Waals surface area contributed by atoms with Crippen LogP contribution in [0.5, 0.6) is 0 Å². The molecule has 1 heteroatoms. The van der Waals surface area contributed by atoms with Crippen LogP contribution in [0.15, 0.2) is 84.9 Å². The number of nitrogens with one attached hydrogen (secondary N) is 1. The third kappa shape index (κ3) is 3.69. The van der Waals surface area contributed by atoms with E-state index < -0.39 is 0 Å². The van der Waals surface area contributed by atoms with Crippen molar-refractivity contribution in [1.82, 2.24) is 5.32 Å². The molecule has 0 unspecified atom stereocenters. The Morgan fingerprint density at radius 2 is 1.17 bits per heavy atom. The van der Waals surface area contributed by atoms with Crippen LogP contribution >= 0.6 is 0 Å². The minimum atomic E-state index is 0.188. The summed E-state index contributed by atoms with van der Waals surface area (Å²) in [5.74, 6) is 0. The zero-order valence-corrected chi connectivity index (χ0v) is 13.7. The van der Waals surface area contributed by atoms with E-state index in [1.54, 1.807) is 0 Å². The Hall–Kier alpha value is -2.38. The lowest BCUT2D eigenvalue weighted by Gasteiger charge is -2.26. The van der Waals surface area contributed by atoms with Crippen LogP contribution in [0.3, 0.4) is 0 Å². The molecule has 0 aliphatic rings. The molecular formula is C22H23N. The Bertz CT molecular complexity index is 734. The minimum Gasteiger partial charge on any atom is -0.300 e. The van der Waals surface area contributed by atoms with Gasteiger partial charge in [-0.2, -0.15) is 0 Å². The van der Waals surface area contributed by atoms with Gasteiger partial charge in [0.2, 0.25) is 0 Å². The lowest BCUT2D eigenvalue weighted by Crippen LogP contribution is -2.26. The molecule has 0 aliphatic carbocycles. The van der Waals surface area contributed by atoms with Crippen LogP contribution in [0, 0.1) is 6.92 Å². The topological polar surface area (TPSA) is 12.0 Å². The van der Waals surface area contributed by atoms with E-state index in [1.165, 1.54) is 22.3 Å². The quantitative estimate of drug-likeness (QED) is 0.662. The Balaban J connectivity index is 1.95. The summed E-state index contributed by atoms with van der Waals surface area (Å²) < 4.78 is 0. The molecule has 0 amide bonds. The number of benzene rings is 3. The second kappa shape index (κ2) is 7.26. The molecule has 0 bridgehead atoms. The molecule has 3 rings (SSSR count). The van der Waals surface area contributed by atoms with E-state index in [9.17, 15) is 0 Å². The first-order valence-corrected chi connectivity index (χ1v) is 8.17. The number of hydrogen-bond donors (Lipinski definition) is 1. The molecule has 0 fully saturated rings. The van der Waals surface area contributed by atoms with Gasteiger partial charge in [-0.3, -0.25) is 5.32 Å². The summed E-state index contributed by atoms with van der Waals surface area (Å²) in [7, 11) is 0. The lowest BCUT2D eigenvalue weighted by molar-refractivity contribution is 0.515. The first-order valence-electron chi connectivity index (χ1n) is 8.17. The van der Waals surface area contributed by atoms with Crippen LogP contribution in [0.1, 0.15) is 41.3 Å². The second-order valence-electron chi connectivity index (χ2n) is 6.00. The van der Waals surface area contributed by atoms with Crippen molar-refractivity contribution >= 4 is 0 Å². The summed E-state index contributed by atoms with van der Waals surface area (Å²) in [4.78, 5) is 0. The molecule has 2 atom stereocenters. The Morgan fingerprint density at radius 3 is 1.78 bits per heavy atom. The van der Waals surface area contributed by atoms with E-state index in [-0.39, 0.29) is 12.1 Å². The molecule has 0 saturated heterocycles. The summed E-state index contributed by atoms with van der Waals surface area (Å²) in [6.07, 6.45) is 0. The molecule has 0 aliphatic heterocycles. The maximum atomic E-state index is 3.81. The summed E-state index contributed by atoms with van der Waals surface area (Å²) in [5, 5.41) is 3.81. The van der Waals surface area contributed by atoms with Crippen LogP contribution in [0.25, 0.3) is 0 Å². The highest BCUT2D eigenvalue weighted by Crippen LogP contribution is 2.28. The highest BCUT2D eigenvalue weighted by Gasteiger charge is 2.18. The average molecular weight is 301 g/mol. The van der Waals surface area contributed by atoms with Gasteiger partial charge in [0, 0.05) is 6.04 Å². The molecule has 116 valence electrons. The van der Waals surface area contributed by atoms with Gasteiger partial charge in [-0.15, -0.1) is 0 Å². The van der Waals surface area contributed by atoms with E-state index >= 15 is 0 Å². The maximum absolute atomic E-state index is 3.81. The molecule has 23 heavy (non-hydrogen) atoms. The van der Waals surface area contributed by atoms with Gasteiger partial charge < -0.3 is 0 Å². The molecule has 0 heterocycles. The summed E-state index contributed by atoms with van der Waals surface area (Å²) in [6.45, 7) is 4.41. The number of hydrogen-bond acceptors (Lipinski definition) is 1. The van der Waals surface area contributed by atoms with Crippen molar-refractivity contribution in [1.29, 1.82) is 0 Å². The van der Waals surface area contributed by atoms with Crippen molar-refractivity contribution in [2.24, 2.45) is 0 Å². The fourth-order valence-corrected chi connectivity index (χ4v) is 3.01. The third-order valence-corrected chi connectivity index (χ3v) is 4.35. The highest BCUT2D eigenvalue weighted by atomic mass is 14.9. The highest BCUT2D eigenvalue weighted by molar-refractivity contribution is 5.37. The minimum absolute atomic E-state index is 0.188. The van der Waals surface area contributed by atoms with E-state index in [4.69, 9.17) is 0 Å². The largest absolute Gasteiger partial charge is 0.300 e. The molecule has 0 aromatic heterocycles. The van der Waals surface area contributed by atoms with Crippen LogP contribution < -0.4 is 5.32 Å². The van der Waals surface area contributed by atoms with Crippen molar-refractivity contribution in [3.05, 3.63) is 107 Å². The molecular weight excluding hydrogens is 278 g/mol. The smallest absolute Gasteiger partial charge is 0.0583 e. The fraction of sp³-hybridized carbons (Fsp3) is 0.182. The molecule has 0 saturated carbocycles. The molecule has 0 spiro atoms. The van der Waals surface area contributed by atoms with Gasteiger partial charge in [-0.25, -0.2) is 0 Å². The molecule has 3 aromatic carbocycles. The van der Waals surface area contributed by atoms with E-state index in [0.29, 0.717) is 0 Å². The average Bonchev–Trinajstić information content (AvgIpc) is 2.62. The predicted molar refractivity (Wildman–Crippen MR) is 97.5 cm³/mol. The van der Waals surface area contributed by atoms with Crippen molar-refractivity contribution in [3.63, 3.8) is 0 Å². The van der Waals surface area contributed by atoms with Crippen LogP contribution in [-0.4, -0.2) is 0 Å². The third-order valence-electron chi connectivity index (χ3n) is 4.35. The normalized spacial score (nSPS) is 13.5. The van der Waals surface area contributed by atoms with Gasteiger partial charge in [-0.05, 0) is 36.1 Å². The molecule has 1 N–H and O–H groups in total. The maximum Gasteiger partial charge on any atom is 0.0583 e. The first-order chi connectivity index (χ1) is 11.3. The fourth-order valence-electron chi connectivity index (χ4n) is 3.01. The van der Waals surface area contributed by atoms with E-state index in [2.05, 4.69) is 104 Å². The van der Waals surface area contributed by atoms with Crippen LogP contribution in [0.2, 0.25) is 0 Å². The van der Waals surface area contributed by atoms with Gasteiger partial charge in [0.05, 0.1) is 6.04 Å². The van der Waals surface area contributed by atoms with Gasteiger partial charge >= 0.3 is 0 Å². The number of rotatable bonds is 5. The Morgan fingerprint density at radius 1 is 0.652 bits per heavy atom. The molecule has 3 aromatic rings. The Labute approximate surface area is 139 Å². The summed E-state index contributed by atoms with van der Waals surface area (Å²) in [6, 6.07) is 30.4. The lowest BCUT2D eigenvalue weighted by atomic mass is 9.93. The SMILES string of the molecule is Cc1ccccc1[C@@H](N[C@@H](C)c1ccccc1)c1ccccc1. The van der Waals surface area contributed by atoms with Crippen molar-refractivity contribution in [3.8, 4) is 0 Å². The zero-order valence-electron chi connectivity index (χ0n) is 13.7. The molecule has 0 radical (unpaired) electrons. The van der Waals surface area contributed by atoms with E-state index in [1.807, 2.05) is 0 Å². The standard InChI is InChI=1S/C22H23N/c1-17-11-9-10-16-21(17)22(20-14-7-4-8-15-20)23-18(2)19-12-5-3-6-13-19/h3-16,18,22-23H,1-2H3/t18-,22-/m0/s1. The summed E-state index contributed by atoms with van der Waals surface area (Å²) >= 11 is 0. The first kappa shape index (κ1) is 15.5. The van der Waals surface area contributed by atoms with Crippen molar-refractivity contribution < 1.29 is 0 Å². The monoisotopic (exact) mass is 301 g/mol. The Kier molecular flexibility index (Phi) is 4.89. The van der Waals surface area contributed by atoms with E-state index in [0.717, 1.165) is 0 Å². The second-order valence-corrected chi connectivity index (χ2v) is 6.00. The van der Waals surface area contributed by atoms with Gasteiger partial charge in [0.15, 0.2) is 0 Å². The van der Waals surface area contributed by atoms with Gasteiger partial charge in [-0.1, -0.05) is 84.9 Å². The number of aryl methyl sites for hydroxylation is 1. The van der Waals surface area contributed by atoms with Gasteiger partial charge in [0.1, 0.15) is 0 Å². The zero-order chi connectivity index (χ0) is 16.1. The summed E-state index contributed by atoms with van der Waals surface area (Å²) in [5.41, 5.74) is 5.25. The van der Waals surface area contributed by atoms with Crippen molar-refractivity contribution in [2.45, 2.75) is 25.9 Å². The van der Waals surface area contributed by atoms with Gasteiger partial charge in [0.25, 0.3) is 0 Å². The van der Waals surface area contributed by atoms with Crippen LogP contribution in [-0.2, 0) is 0 Å². The van der Waals surface area contributed by atoms with Crippen LogP contribution in [0.4, 0.5) is 0 Å². The molecule has 1 nitrogen and oxygen atoms in total. The van der Waals surface area contributed by atoms with Crippen molar-refractivity contribution in [2.75, 3.05) is 0 Å².